The summed E-state index contributed by atoms with van der Waals surface area (Å²) in [5.41, 5.74) is 0. The number of aliphatic hydroxyl groups excluding tert-OH is 1. The molecule has 1 heterocycles. The predicted octanol–water partition coefficient (Wildman–Crippen LogP) is 2.34. The van der Waals surface area contributed by atoms with E-state index in [0.717, 1.165) is 37.4 Å². The molecule has 0 aliphatic carbocycles. The van der Waals surface area contributed by atoms with E-state index in [2.05, 4.69) is 22.7 Å². The summed E-state index contributed by atoms with van der Waals surface area (Å²) in [7, 11) is 0. The monoisotopic (exact) mass is 242 g/mol. The van der Waals surface area contributed by atoms with Crippen LogP contribution in [0, 0.1) is 0 Å². The number of rotatable bonds is 8. The molecule has 0 fully saturated rings. The Labute approximate surface area is 102 Å². The number of nitrogens with zero attached hydrogens (tertiary/aromatic N) is 2. The van der Waals surface area contributed by atoms with Gasteiger partial charge in [-0.05, 0) is 31.3 Å². The molecule has 0 saturated heterocycles. The van der Waals surface area contributed by atoms with E-state index in [1.54, 1.807) is 0 Å². The van der Waals surface area contributed by atoms with E-state index >= 15 is 0 Å². The van der Waals surface area contributed by atoms with Crippen molar-refractivity contribution in [1.29, 1.82) is 0 Å². The summed E-state index contributed by atoms with van der Waals surface area (Å²) in [5, 5.41) is 9.88. The minimum atomic E-state index is -0.245. The zero-order chi connectivity index (χ0) is 11.8. The van der Waals surface area contributed by atoms with Crippen LogP contribution in [0.4, 0.5) is 0 Å². The molecular formula is C12H22N2OS. The number of aliphatic hydroxyl groups is 1. The van der Waals surface area contributed by atoms with Crippen LogP contribution in [0.3, 0.4) is 0 Å². The highest BCUT2D eigenvalue weighted by atomic mass is 32.2. The van der Waals surface area contributed by atoms with Crippen molar-refractivity contribution in [3.63, 3.8) is 0 Å². The van der Waals surface area contributed by atoms with Gasteiger partial charge in [0.25, 0.3) is 0 Å². The van der Waals surface area contributed by atoms with Gasteiger partial charge in [-0.2, -0.15) is 11.8 Å². The Balaban J connectivity index is 2.36. The third kappa shape index (κ3) is 4.58. The lowest BCUT2D eigenvalue weighted by molar-refractivity contribution is 0.160. The van der Waals surface area contributed by atoms with Crippen LogP contribution in [0.2, 0.25) is 0 Å². The van der Waals surface area contributed by atoms with Crippen molar-refractivity contribution in [1.82, 2.24) is 9.55 Å². The molecule has 0 aliphatic heterocycles. The predicted molar refractivity (Wildman–Crippen MR) is 69.8 cm³/mol. The number of aryl methyl sites for hydroxylation is 1. The van der Waals surface area contributed by atoms with Crippen molar-refractivity contribution in [2.24, 2.45) is 0 Å². The van der Waals surface area contributed by atoms with Gasteiger partial charge in [-0.25, -0.2) is 4.98 Å². The SMILES string of the molecule is CCCn1ccnc1CC(O)CCCSC. The zero-order valence-corrected chi connectivity index (χ0v) is 11.0. The van der Waals surface area contributed by atoms with Gasteiger partial charge in [0.15, 0.2) is 0 Å². The second kappa shape index (κ2) is 7.74. The maximum atomic E-state index is 9.88. The molecule has 1 N–H and O–H groups in total. The van der Waals surface area contributed by atoms with Gasteiger partial charge in [-0.3, -0.25) is 0 Å². The van der Waals surface area contributed by atoms with Crippen molar-refractivity contribution in [2.45, 2.75) is 45.3 Å². The first kappa shape index (κ1) is 13.6. The smallest absolute Gasteiger partial charge is 0.111 e. The summed E-state index contributed by atoms with van der Waals surface area (Å²) < 4.78 is 2.14. The quantitative estimate of drug-likeness (QED) is 0.711. The fourth-order valence-corrected chi connectivity index (χ4v) is 2.21. The fraction of sp³-hybridized carbons (Fsp3) is 0.750. The summed E-state index contributed by atoms with van der Waals surface area (Å²) in [6.45, 7) is 3.14. The lowest BCUT2D eigenvalue weighted by Crippen LogP contribution is -2.15. The van der Waals surface area contributed by atoms with Crippen LogP contribution in [-0.4, -0.2) is 32.8 Å². The largest absolute Gasteiger partial charge is 0.393 e. The lowest BCUT2D eigenvalue weighted by atomic mass is 10.1. The molecule has 0 spiro atoms. The van der Waals surface area contributed by atoms with Gasteiger partial charge >= 0.3 is 0 Å². The Bertz CT molecular complexity index is 288. The van der Waals surface area contributed by atoms with Gasteiger partial charge in [0, 0.05) is 25.4 Å². The molecule has 0 aromatic carbocycles. The van der Waals surface area contributed by atoms with Gasteiger partial charge in [-0.15, -0.1) is 0 Å². The minimum Gasteiger partial charge on any atom is -0.393 e. The van der Waals surface area contributed by atoms with E-state index in [1.807, 2.05) is 24.2 Å². The van der Waals surface area contributed by atoms with Crippen LogP contribution in [0.1, 0.15) is 32.0 Å². The van der Waals surface area contributed by atoms with Crippen molar-refractivity contribution in [3.8, 4) is 0 Å². The van der Waals surface area contributed by atoms with Crippen molar-refractivity contribution >= 4 is 11.8 Å². The average molecular weight is 242 g/mol. The van der Waals surface area contributed by atoms with E-state index in [9.17, 15) is 5.11 Å². The second-order valence-corrected chi connectivity index (χ2v) is 5.02. The first-order valence-electron chi connectivity index (χ1n) is 5.95. The summed E-state index contributed by atoms with van der Waals surface area (Å²) in [5.74, 6) is 2.14. The molecule has 0 amide bonds. The van der Waals surface area contributed by atoms with Crippen molar-refractivity contribution in [2.75, 3.05) is 12.0 Å². The molecule has 16 heavy (non-hydrogen) atoms. The highest BCUT2D eigenvalue weighted by Gasteiger charge is 2.09. The third-order valence-electron chi connectivity index (χ3n) is 2.57. The molecule has 0 bridgehead atoms. The zero-order valence-electron chi connectivity index (χ0n) is 10.2. The topological polar surface area (TPSA) is 38.0 Å². The van der Waals surface area contributed by atoms with Crippen LogP contribution >= 0.6 is 11.8 Å². The highest BCUT2D eigenvalue weighted by molar-refractivity contribution is 7.98. The Morgan fingerprint density at radius 1 is 1.56 bits per heavy atom. The van der Waals surface area contributed by atoms with Crippen molar-refractivity contribution in [3.05, 3.63) is 18.2 Å². The fourth-order valence-electron chi connectivity index (χ4n) is 1.75. The van der Waals surface area contributed by atoms with Crippen molar-refractivity contribution < 1.29 is 5.11 Å². The summed E-state index contributed by atoms with van der Waals surface area (Å²) in [4.78, 5) is 4.30. The first-order valence-corrected chi connectivity index (χ1v) is 7.34. The van der Waals surface area contributed by atoms with Crippen LogP contribution < -0.4 is 0 Å². The molecule has 0 saturated carbocycles. The number of imidazole rings is 1. The molecular weight excluding hydrogens is 220 g/mol. The van der Waals surface area contributed by atoms with Crippen LogP contribution in [0.25, 0.3) is 0 Å². The van der Waals surface area contributed by atoms with Gasteiger partial charge in [0.05, 0.1) is 6.10 Å². The standard InChI is InChI=1S/C12H22N2OS/c1-3-7-14-8-6-13-12(14)10-11(15)5-4-9-16-2/h6,8,11,15H,3-5,7,9-10H2,1-2H3. The molecule has 1 rings (SSSR count). The molecule has 1 aromatic heterocycles. The number of thioether (sulfide) groups is 1. The Hall–Kier alpha value is -0.480. The highest BCUT2D eigenvalue weighted by Crippen LogP contribution is 2.09. The van der Waals surface area contributed by atoms with Gasteiger partial charge in [-0.1, -0.05) is 6.92 Å². The van der Waals surface area contributed by atoms with Gasteiger partial charge in [0.2, 0.25) is 0 Å². The lowest BCUT2D eigenvalue weighted by Gasteiger charge is -2.11. The molecule has 3 nitrogen and oxygen atoms in total. The molecule has 92 valence electrons. The van der Waals surface area contributed by atoms with E-state index in [4.69, 9.17) is 0 Å². The number of hydrogen-bond acceptors (Lipinski definition) is 3. The summed E-state index contributed by atoms with van der Waals surface area (Å²) in [6, 6.07) is 0. The average Bonchev–Trinajstić information content (AvgIpc) is 2.67. The Kier molecular flexibility index (Phi) is 6.57. The second-order valence-electron chi connectivity index (χ2n) is 4.03. The van der Waals surface area contributed by atoms with E-state index in [1.165, 1.54) is 0 Å². The molecule has 4 heteroatoms. The van der Waals surface area contributed by atoms with Crippen LogP contribution in [0.5, 0.6) is 0 Å². The number of hydrogen-bond donors (Lipinski definition) is 1. The molecule has 1 unspecified atom stereocenters. The molecule has 0 aliphatic rings. The van der Waals surface area contributed by atoms with E-state index < -0.39 is 0 Å². The normalized spacial score (nSPS) is 12.9. The minimum absolute atomic E-state index is 0.245. The Morgan fingerprint density at radius 3 is 3.06 bits per heavy atom. The summed E-state index contributed by atoms with van der Waals surface area (Å²) in [6.07, 6.45) is 9.40. The molecule has 0 radical (unpaired) electrons. The van der Waals surface area contributed by atoms with E-state index in [0.29, 0.717) is 6.42 Å². The summed E-state index contributed by atoms with van der Waals surface area (Å²) >= 11 is 1.83. The maximum absolute atomic E-state index is 9.88. The van der Waals surface area contributed by atoms with Crippen LogP contribution in [0.15, 0.2) is 12.4 Å². The molecule has 1 aromatic rings. The van der Waals surface area contributed by atoms with Gasteiger partial charge < -0.3 is 9.67 Å². The van der Waals surface area contributed by atoms with E-state index in [-0.39, 0.29) is 6.10 Å². The van der Waals surface area contributed by atoms with Crippen LogP contribution in [-0.2, 0) is 13.0 Å². The number of aromatic nitrogens is 2. The first-order chi connectivity index (χ1) is 7.77. The molecule has 1 atom stereocenters. The maximum Gasteiger partial charge on any atom is 0.111 e. The third-order valence-corrected chi connectivity index (χ3v) is 3.27. The Morgan fingerprint density at radius 2 is 2.38 bits per heavy atom. The van der Waals surface area contributed by atoms with Gasteiger partial charge in [0.1, 0.15) is 5.82 Å².